The summed E-state index contributed by atoms with van der Waals surface area (Å²) in [6.45, 7) is 0.739. The summed E-state index contributed by atoms with van der Waals surface area (Å²) in [4.78, 5) is 14.2. The molecule has 4 heteroatoms. The molecule has 104 valence electrons. The first-order valence-corrected chi connectivity index (χ1v) is 7.41. The molecule has 0 radical (unpaired) electrons. The van der Waals surface area contributed by atoms with Gasteiger partial charge < -0.3 is 9.32 Å². The van der Waals surface area contributed by atoms with Gasteiger partial charge in [-0.25, -0.2) is 0 Å². The van der Waals surface area contributed by atoms with Crippen LogP contribution in [-0.2, 0) is 4.79 Å². The maximum atomic E-state index is 12.3. The molecule has 1 saturated heterocycles. The van der Waals surface area contributed by atoms with E-state index in [4.69, 9.17) is 4.42 Å². The standard InChI is InChI=1S/C16H17NO2S/c18-15-9-12(11-20)10-17(15)16(14-7-4-8-19-14)13-5-2-1-3-6-13/h1-8,12,16,20H,9-11H2. The fourth-order valence-electron chi connectivity index (χ4n) is 2.76. The second-order valence-electron chi connectivity index (χ2n) is 5.13. The number of carbonyl (C=O) groups is 1. The van der Waals surface area contributed by atoms with E-state index in [2.05, 4.69) is 12.6 Å². The van der Waals surface area contributed by atoms with Crippen LogP contribution in [0.25, 0.3) is 0 Å². The molecule has 1 amide bonds. The van der Waals surface area contributed by atoms with Gasteiger partial charge in [0, 0.05) is 13.0 Å². The molecule has 3 nitrogen and oxygen atoms in total. The smallest absolute Gasteiger partial charge is 0.223 e. The molecule has 0 aliphatic carbocycles. The van der Waals surface area contributed by atoms with Gasteiger partial charge in [0.2, 0.25) is 5.91 Å². The lowest BCUT2D eigenvalue weighted by molar-refractivity contribution is -0.129. The summed E-state index contributed by atoms with van der Waals surface area (Å²) in [6.07, 6.45) is 2.23. The maximum absolute atomic E-state index is 12.3. The van der Waals surface area contributed by atoms with Gasteiger partial charge >= 0.3 is 0 Å². The summed E-state index contributed by atoms with van der Waals surface area (Å²) in [7, 11) is 0. The molecule has 1 aliphatic rings. The predicted octanol–water partition coefficient (Wildman–Crippen LogP) is 3.15. The molecule has 2 atom stereocenters. The summed E-state index contributed by atoms with van der Waals surface area (Å²) in [6, 6.07) is 13.7. The van der Waals surface area contributed by atoms with Gasteiger partial charge in [-0.05, 0) is 29.4 Å². The molecule has 0 N–H and O–H groups in total. The van der Waals surface area contributed by atoms with E-state index in [-0.39, 0.29) is 11.9 Å². The van der Waals surface area contributed by atoms with Crippen molar-refractivity contribution in [3.05, 3.63) is 60.1 Å². The van der Waals surface area contributed by atoms with Crippen LogP contribution in [0.5, 0.6) is 0 Å². The largest absolute Gasteiger partial charge is 0.467 e. The minimum atomic E-state index is -0.136. The number of carbonyl (C=O) groups excluding carboxylic acids is 1. The first kappa shape index (κ1) is 13.3. The lowest BCUT2D eigenvalue weighted by Crippen LogP contribution is -2.31. The van der Waals surface area contributed by atoms with E-state index >= 15 is 0 Å². The topological polar surface area (TPSA) is 33.5 Å². The highest BCUT2D eigenvalue weighted by Crippen LogP contribution is 2.34. The maximum Gasteiger partial charge on any atom is 0.223 e. The van der Waals surface area contributed by atoms with Crippen LogP contribution in [0, 0.1) is 5.92 Å². The third kappa shape index (κ3) is 2.48. The molecule has 1 aliphatic heterocycles. The zero-order valence-corrected chi connectivity index (χ0v) is 12.0. The first-order valence-electron chi connectivity index (χ1n) is 6.78. The summed E-state index contributed by atoms with van der Waals surface area (Å²) < 4.78 is 5.57. The summed E-state index contributed by atoms with van der Waals surface area (Å²) in [5, 5.41) is 0. The van der Waals surface area contributed by atoms with Crippen molar-refractivity contribution in [2.24, 2.45) is 5.92 Å². The number of amides is 1. The van der Waals surface area contributed by atoms with E-state index in [1.807, 2.05) is 47.4 Å². The van der Waals surface area contributed by atoms with E-state index in [0.29, 0.717) is 12.3 Å². The molecule has 0 saturated carbocycles. The molecule has 2 aromatic rings. The van der Waals surface area contributed by atoms with Gasteiger partial charge in [-0.3, -0.25) is 4.79 Å². The third-order valence-corrected chi connectivity index (χ3v) is 4.25. The molecule has 1 aromatic carbocycles. The highest BCUT2D eigenvalue weighted by atomic mass is 32.1. The Kier molecular flexibility index (Phi) is 3.83. The Bertz CT molecular complexity index is 567. The lowest BCUT2D eigenvalue weighted by Gasteiger charge is -2.27. The number of thiol groups is 1. The lowest BCUT2D eigenvalue weighted by atomic mass is 10.0. The number of rotatable bonds is 4. The molecular formula is C16H17NO2S. The number of likely N-dealkylation sites (tertiary alicyclic amines) is 1. The molecule has 20 heavy (non-hydrogen) atoms. The molecule has 0 spiro atoms. The minimum Gasteiger partial charge on any atom is -0.467 e. The highest BCUT2D eigenvalue weighted by molar-refractivity contribution is 7.80. The Morgan fingerprint density at radius 2 is 2.05 bits per heavy atom. The van der Waals surface area contributed by atoms with Gasteiger partial charge in [-0.2, -0.15) is 12.6 Å². The zero-order valence-electron chi connectivity index (χ0n) is 11.1. The number of furan rings is 1. The predicted molar refractivity (Wildman–Crippen MR) is 80.7 cm³/mol. The molecule has 1 fully saturated rings. The number of hydrogen-bond acceptors (Lipinski definition) is 3. The molecule has 3 rings (SSSR count). The van der Waals surface area contributed by atoms with E-state index in [1.165, 1.54) is 0 Å². The van der Waals surface area contributed by atoms with E-state index < -0.39 is 0 Å². The zero-order chi connectivity index (χ0) is 13.9. The second-order valence-corrected chi connectivity index (χ2v) is 5.49. The van der Waals surface area contributed by atoms with Gasteiger partial charge in [0.25, 0.3) is 0 Å². The van der Waals surface area contributed by atoms with Gasteiger partial charge in [0.15, 0.2) is 0 Å². The van der Waals surface area contributed by atoms with E-state index in [0.717, 1.165) is 23.6 Å². The van der Waals surface area contributed by atoms with Crippen LogP contribution in [0.1, 0.15) is 23.8 Å². The normalized spacial score (nSPS) is 20.4. The van der Waals surface area contributed by atoms with Crippen LogP contribution in [-0.4, -0.2) is 23.1 Å². The monoisotopic (exact) mass is 287 g/mol. The molecule has 0 bridgehead atoms. The summed E-state index contributed by atoms with van der Waals surface area (Å²) >= 11 is 4.33. The summed E-state index contributed by atoms with van der Waals surface area (Å²) in [5.41, 5.74) is 1.08. The van der Waals surface area contributed by atoms with Gasteiger partial charge in [-0.1, -0.05) is 30.3 Å². The van der Waals surface area contributed by atoms with Crippen molar-refractivity contribution in [1.82, 2.24) is 4.90 Å². The van der Waals surface area contributed by atoms with Gasteiger partial charge in [-0.15, -0.1) is 0 Å². The third-order valence-electron chi connectivity index (χ3n) is 3.74. The molecule has 2 unspecified atom stereocenters. The molecule has 1 aromatic heterocycles. The van der Waals surface area contributed by atoms with Crippen LogP contribution in [0.3, 0.4) is 0 Å². The van der Waals surface area contributed by atoms with Crippen molar-refractivity contribution in [2.45, 2.75) is 12.5 Å². The number of hydrogen-bond donors (Lipinski definition) is 1. The minimum absolute atomic E-state index is 0.136. The SMILES string of the molecule is O=C1CC(CS)CN1C(c1ccccc1)c1ccco1. The fourth-order valence-corrected chi connectivity index (χ4v) is 3.00. The Morgan fingerprint density at radius 1 is 1.25 bits per heavy atom. The van der Waals surface area contributed by atoms with Crippen LogP contribution in [0.15, 0.2) is 53.1 Å². The number of nitrogens with zero attached hydrogens (tertiary/aromatic N) is 1. The van der Waals surface area contributed by atoms with Crippen molar-refractivity contribution < 1.29 is 9.21 Å². The Labute approximate surface area is 124 Å². The average molecular weight is 287 g/mol. The average Bonchev–Trinajstić information content (AvgIpc) is 3.11. The van der Waals surface area contributed by atoms with Crippen molar-refractivity contribution >= 4 is 18.5 Å². The van der Waals surface area contributed by atoms with Crippen LogP contribution < -0.4 is 0 Å². The highest BCUT2D eigenvalue weighted by Gasteiger charge is 2.36. The fraction of sp³-hybridized carbons (Fsp3) is 0.312. The quantitative estimate of drug-likeness (QED) is 0.876. The van der Waals surface area contributed by atoms with Crippen molar-refractivity contribution in [1.29, 1.82) is 0 Å². The number of benzene rings is 1. The van der Waals surface area contributed by atoms with Crippen molar-refractivity contribution in [3.8, 4) is 0 Å². The Morgan fingerprint density at radius 3 is 2.65 bits per heavy atom. The molecule has 2 heterocycles. The first-order chi connectivity index (χ1) is 9.79. The van der Waals surface area contributed by atoms with Crippen molar-refractivity contribution in [3.63, 3.8) is 0 Å². The second kappa shape index (κ2) is 5.75. The van der Waals surface area contributed by atoms with E-state index in [9.17, 15) is 4.79 Å². The van der Waals surface area contributed by atoms with Crippen LogP contribution in [0.4, 0.5) is 0 Å². The van der Waals surface area contributed by atoms with Crippen LogP contribution >= 0.6 is 12.6 Å². The van der Waals surface area contributed by atoms with Crippen molar-refractivity contribution in [2.75, 3.05) is 12.3 Å². The van der Waals surface area contributed by atoms with E-state index in [1.54, 1.807) is 6.26 Å². The van der Waals surface area contributed by atoms with Gasteiger partial charge in [0.05, 0.1) is 6.26 Å². The molecular weight excluding hydrogens is 270 g/mol. The Balaban J connectivity index is 1.97. The Hall–Kier alpha value is -1.68. The summed E-state index contributed by atoms with van der Waals surface area (Å²) in [5.74, 6) is 2.05. The van der Waals surface area contributed by atoms with Crippen LogP contribution in [0.2, 0.25) is 0 Å². The van der Waals surface area contributed by atoms with Gasteiger partial charge in [0.1, 0.15) is 11.8 Å².